The minimum atomic E-state index is 0.588. The summed E-state index contributed by atoms with van der Waals surface area (Å²) in [4.78, 5) is 4.05. The lowest BCUT2D eigenvalue weighted by atomic mass is 9.84. The first kappa shape index (κ1) is 12.9. The number of amidine groups is 1. The number of nitrogens with zero attached hydrogens (tertiary/aromatic N) is 1. The molecule has 0 atom stereocenters. The molecular weight excluding hydrogens is 220 g/mol. The highest BCUT2D eigenvalue weighted by Crippen LogP contribution is 2.32. The van der Waals surface area contributed by atoms with Crippen LogP contribution in [0.5, 0.6) is 0 Å². The minimum absolute atomic E-state index is 0.588. The second-order valence-corrected chi connectivity index (χ2v) is 5.09. The van der Waals surface area contributed by atoms with E-state index in [2.05, 4.69) is 29.3 Å². The molecular formula is C16H22N2. The van der Waals surface area contributed by atoms with E-state index in [1.165, 1.54) is 43.2 Å². The molecule has 0 bridgehead atoms. The standard InChI is InChI=1S/C16H22N2/c1-13(17)18-12-11-14-7-9-16(10-8-14)15-5-3-2-4-6-15/h7-12,15H,2-6H2,1H3,(H2,17,18). The Morgan fingerprint density at radius 2 is 1.83 bits per heavy atom. The predicted octanol–water partition coefficient (Wildman–Crippen LogP) is 4.08. The van der Waals surface area contributed by atoms with Crippen molar-refractivity contribution in [2.24, 2.45) is 10.7 Å². The first-order valence-electron chi connectivity index (χ1n) is 6.82. The SMILES string of the molecule is CC(N)=NC=Cc1ccc(C2CCCCC2)cc1. The van der Waals surface area contributed by atoms with Crippen molar-refractivity contribution in [1.29, 1.82) is 0 Å². The summed E-state index contributed by atoms with van der Waals surface area (Å²) in [6.07, 6.45) is 10.6. The molecule has 0 spiro atoms. The summed E-state index contributed by atoms with van der Waals surface area (Å²) in [6, 6.07) is 8.85. The molecule has 2 rings (SSSR count). The van der Waals surface area contributed by atoms with Crippen molar-refractivity contribution < 1.29 is 0 Å². The van der Waals surface area contributed by atoms with Gasteiger partial charge in [0.25, 0.3) is 0 Å². The van der Waals surface area contributed by atoms with E-state index in [1.807, 2.05) is 6.08 Å². The molecule has 2 heteroatoms. The van der Waals surface area contributed by atoms with Crippen LogP contribution >= 0.6 is 0 Å². The van der Waals surface area contributed by atoms with Crippen molar-refractivity contribution in [1.82, 2.24) is 0 Å². The van der Waals surface area contributed by atoms with Crippen molar-refractivity contribution in [3.8, 4) is 0 Å². The lowest BCUT2D eigenvalue weighted by Crippen LogP contribution is -2.04. The minimum Gasteiger partial charge on any atom is -0.387 e. The van der Waals surface area contributed by atoms with Crippen LogP contribution in [0.15, 0.2) is 35.5 Å². The van der Waals surface area contributed by atoms with Gasteiger partial charge in [-0.2, -0.15) is 0 Å². The van der Waals surface area contributed by atoms with Gasteiger partial charge in [0.2, 0.25) is 0 Å². The first-order valence-corrected chi connectivity index (χ1v) is 6.82. The van der Waals surface area contributed by atoms with Crippen LogP contribution in [-0.2, 0) is 0 Å². The number of rotatable bonds is 3. The molecule has 0 radical (unpaired) electrons. The summed E-state index contributed by atoms with van der Waals surface area (Å²) in [5.74, 6) is 1.37. The van der Waals surface area contributed by atoms with Crippen LogP contribution in [0.4, 0.5) is 0 Å². The van der Waals surface area contributed by atoms with Crippen molar-refractivity contribution in [3.05, 3.63) is 41.6 Å². The maximum Gasteiger partial charge on any atom is 0.0957 e. The molecule has 0 aromatic heterocycles. The highest BCUT2D eigenvalue weighted by atomic mass is 14.8. The number of benzene rings is 1. The largest absolute Gasteiger partial charge is 0.387 e. The molecule has 18 heavy (non-hydrogen) atoms. The maximum absolute atomic E-state index is 5.48. The van der Waals surface area contributed by atoms with Gasteiger partial charge in [-0.05, 0) is 42.9 Å². The van der Waals surface area contributed by atoms with Gasteiger partial charge in [0.15, 0.2) is 0 Å². The molecule has 0 aliphatic heterocycles. The van der Waals surface area contributed by atoms with Crippen molar-refractivity contribution >= 4 is 11.9 Å². The molecule has 0 unspecified atom stereocenters. The molecule has 0 heterocycles. The molecule has 2 N–H and O–H groups in total. The van der Waals surface area contributed by atoms with Crippen LogP contribution in [0, 0.1) is 0 Å². The number of hydrogen-bond donors (Lipinski definition) is 1. The fourth-order valence-electron chi connectivity index (χ4n) is 2.56. The molecule has 1 aliphatic rings. The second-order valence-electron chi connectivity index (χ2n) is 5.09. The van der Waals surface area contributed by atoms with E-state index >= 15 is 0 Å². The van der Waals surface area contributed by atoms with Crippen LogP contribution in [0.2, 0.25) is 0 Å². The smallest absolute Gasteiger partial charge is 0.0957 e. The normalized spacial score (nSPS) is 18.4. The summed E-state index contributed by atoms with van der Waals surface area (Å²) >= 11 is 0. The third kappa shape index (κ3) is 3.73. The summed E-state index contributed by atoms with van der Waals surface area (Å²) in [5.41, 5.74) is 8.15. The third-order valence-corrected chi connectivity index (χ3v) is 3.56. The molecule has 96 valence electrons. The lowest BCUT2D eigenvalue weighted by molar-refractivity contribution is 0.443. The van der Waals surface area contributed by atoms with E-state index in [4.69, 9.17) is 5.73 Å². The van der Waals surface area contributed by atoms with E-state index < -0.39 is 0 Å². The van der Waals surface area contributed by atoms with E-state index in [0.717, 1.165) is 5.92 Å². The van der Waals surface area contributed by atoms with Gasteiger partial charge in [0.05, 0.1) is 5.84 Å². The Balaban J connectivity index is 2.00. The lowest BCUT2D eigenvalue weighted by Gasteiger charge is -2.21. The Labute approximate surface area is 110 Å². The van der Waals surface area contributed by atoms with Crippen molar-refractivity contribution in [3.63, 3.8) is 0 Å². The third-order valence-electron chi connectivity index (χ3n) is 3.56. The molecule has 1 fully saturated rings. The first-order chi connectivity index (χ1) is 8.75. The van der Waals surface area contributed by atoms with Crippen molar-refractivity contribution in [2.75, 3.05) is 0 Å². The van der Waals surface area contributed by atoms with Gasteiger partial charge >= 0.3 is 0 Å². The highest BCUT2D eigenvalue weighted by molar-refractivity contribution is 5.78. The zero-order valence-electron chi connectivity index (χ0n) is 11.1. The van der Waals surface area contributed by atoms with Crippen LogP contribution in [0.1, 0.15) is 56.1 Å². The summed E-state index contributed by atoms with van der Waals surface area (Å²) < 4.78 is 0. The van der Waals surface area contributed by atoms with E-state index in [0.29, 0.717) is 5.84 Å². The Morgan fingerprint density at radius 1 is 1.17 bits per heavy atom. The Bertz CT molecular complexity index is 419. The van der Waals surface area contributed by atoms with Crippen LogP contribution in [0.3, 0.4) is 0 Å². The Kier molecular flexibility index (Phi) is 4.57. The van der Waals surface area contributed by atoms with Crippen LogP contribution in [-0.4, -0.2) is 5.84 Å². The molecule has 0 saturated heterocycles. The van der Waals surface area contributed by atoms with E-state index in [-0.39, 0.29) is 0 Å². The number of nitrogens with two attached hydrogens (primary N) is 1. The van der Waals surface area contributed by atoms with Gasteiger partial charge in [0.1, 0.15) is 0 Å². The molecule has 1 aromatic rings. The van der Waals surface area contributed by atoms with Gasteiger partial charge in [-0.1, -0.05) is 43.5 Å². The number of hydrogen-bond acceptors (Lipinski definition) is 1. The monoisotopic (exact) mass is 242 g/mol. The second kappa shape index (κ2) is 6.39. The molecule has 1 aromatic carbocycles. The quantitative estimate of drug-likeness (QED) is 0.629. The van der Waals surface area contributed by atoms with Gasteiger partial charge in [-0.3, -0.25) is 0 Å². The van der Waals surface area contributed by atoms with Crippen LogP contribution < -0.4 is 5.73 Å². The maximum atomic E-state index is 5.48. The van der Waals surface area contributed by atoms with Crippen molar-refractivity contribution in [2.45, 2.75) is 44.9 Å². The zero-order chi connectivity index (χ0) is 12.8. The topological polar surface area (TPSA) is 38.4 Å². The van der Waals surface area contributed by atoms with E-state index in [9.17, 15) is 0 Å². The average molecular weight is 242 g/mol. The van der Waals surface area contributed by atoms with Gasteiger partial charge in [-0.15, -0.1) is 0 Å². The fraction of sp³-hybridized carbons (Fsp3) is 0.438. The summed E-state index contributed by atoms with van der Waals surface area (Å²) in [7, 11) is 0. The predicted molar refractivity (Wildman–Crippen MR) is 78.6 cm³/mol. The number of aliphatic imine (C=N–C) groups is 1. The molecule has 2 nitrogen and oxygen atoms in total. The van der Waals surface area contributed by atoms with Crippen LogP contribution in [0.25, 0.3) is 6.08 Å². The summed E-state index contributed by atoms with van der Waals surface area (Å²) in [5, 5.41) is 0. The summed E-state index contributed by atoms with van der Waals surface area (Å²) in [6.45, 7) is 1.79. The van der Waals surface area contributed by atoms with Gasteiger partial charge in [-0.25, -0.2) is 4.99 Å². The Hall–Kier alpha value is -1.57. The zero-order valence-corrected chi connectivity index (χ0v) is 11.1. The van der Waals surface area contributed by atoms with E-state index in [1.54, 1.807) is 13.1 Å². The molecule has 0 amide bonds. The molecule has 1 saturated carbocycles. The fourth-order valence-corrected chi connectivity index (χ4v) is 2.56. The van der Waals surface area contributed by atoms with Gasteiger partial charge < -0.3 is 5.73 Å². The Morgan fingerprint density at radius 3 is 2.44 bits per heavy atom. The molecule has 1 aliphatic carbocycles. The van der Waals surface area contributed by atoms with Gasteiger partial charge in [0, 0.05) is 6.20 Å². The highest BCUT2D eigenvalue weighted by Gasteiger charge is 2.14. The average Bonchev–Trinajstić information content (AvgIpc) is 2.40.